The van der Waals surface area contributed by atoms with Crippen molar-refractivity contribution in [3.63, 3.8) is 0 Å². The molecule has 0 fully saturated rings. The largest absolute Gasteiger partial charge is 2.00 e. The summed E-state index contributed by atoms with van der Waals surface area (Å²) in [6.07, 6.45) is 11.5. The van der Waals surface area contributed by atoms with Crippen LogP contribution in [0.25, 0.3) is 0 Å². The fraction of sp³-hybridized carbons (Fsp3) is 0.571. The Labute approximate surface area is 179 Å². The molecule has 3 aliphatic heterocycles. The van der Waals surface area contributed by atoms with E-state index < -0.39 is 13.5 Å². The molecule has 3 heterocycles. The van der Waals surface area contributed by atoms with Crippen LogP contribution in [0.4, 0.5) is 0 Å². The molecule has 3 rings (SSSR count). The molecule has 0 amide bonds. The molecule has 0 aliphatic carbocycles. The number of oxime groups is 6. The molecule has 0 atom stereocenters. The van der Waals surface area contributed by atoms with E-state index in [-0.39, 0.29) is 17.1 Å². The van der Waals surface area contributed by atoms with Crippen LogP contribution >= 0.6 is 0 Å². The zero-order valence-corrected chi connectivity index (χ0v) is 17.5. The van der Waals surface area contributed by atoms with E-state index in [2.05, 4.69) is 30.9 Å². The first kappa shape index (κ1) is 24.5. The molecule has 0 aromatic heterocycles. The van der Waals surface area contributed by atoms with E-state index in [0.29, 0.717) is 12.6 Å². The summed E-state index contributed by atoms with van der Waals surface area (Å²) in [4.78, 5) is 0. The van der Waals surface area contributed by atoms with Crippen LogP contribution in [0.1, 0.15) is 39.5 Å². The van der Waals surface area contributed by atoms with Gasteiger partial charge in [0.15, 0.2) is 0 Å². The third-order valence-corrected chi connectivity index (χ3v) is 3.72. The summed E-state index contributed by atoms with van der Waals surface area (Å²) in [6, 6.07) is 0. The number of hydrogen-bond acceptors (Lipinski definition) is 12. The molecule has 15 heteroatoms. The molecular weight excluding hydrogens is 426 g/mol. The van der Waals surface area contributed by atoms with E-state index in [1.165, 1.54) is 37.3 Å². The summed E-state index contributed by atoms with van der Waals surface area (Å²) in [7, 11) is 0. The van der Waals surface area contributed by atoms with Gasteiger partial charge in [-0.1, -0.05) is 52.2 Å². The molecule has 0 saturated carbocycles. The minimum Gasteiger partial charge on any atom is -0.540 e. The molecular formula is C14H24B2FeN6O6. The van der Waals surface area contributed by atoms with Crippen molar-refractivity contribution in [2.75, 3.05) is 0 Å². The second-order valence-electron chi connectivity index (χ2n) is 6.02. The summed E-state index contributed by atoms with van der Waals surface area (Å²) in [5, 5.41) is 22.8. The Balaban J connectivity index is 0.00000420. The zero-order chi connectivity index (χ0) is 20.0. The number of nitrogens with zero attached hydrogens (tertiary/aromatic N) is 6. The van der Waals surface area contributed by atoms with Crippen LogP contribution in [0.5, 0.6) is 0 Å². The van der Waals surface area contributed by atoms with Gasteiger partial charge in [0.25, 0.3) is 0 Å². The van der Waals surface area contributed by atoms with Crippen LogP contribution in [-0.4, -0.2) is 50.8 Å². The molecule has 29 heavy (non-hydrogen) atoms. The molecule has 0 aromatic carbocycles. The minimum absolute atomic E-state index is 0. The Morgan fingerprint density at radius 1 is 0.517 bits per heavy atom. The van der Waals surface area contributed by atoms with E-state index in [4.69, 9.17) is 28.5 Å². The standard InChI is InChI=1S/C14H24B2N6O6.Fe/c1-3-5-7-15-23-17-9-12-20-26-16(8-6-4-2,27-21-13-10-18-24-15)28-22-14-11-19-25-15;/h9-14H,3-8H2,1-2H3;/q-2;+2/b17-9+,18-10+,19-11+,20-12+,21-13+,22-14+;. The maximum Gasteiger partial charge on any atom is 2.00 e. The zero-order valence-electron chi connectivity index (χ0n) is 16.3. The van der Waals surface area contributed by atoms with Gasteiger partial charge in [0.05, 0.1) is 37.3 Å². The van der Waals surface area contributed by atoms with Gasteiger partial charge in [-0.25, -0.2) is 0 Å². The Bertz CT molecular complexity index is 522. The first-order valence-corrected chi connectivity index (χ1v) is 9.29. The van der Waals surface area contributed by atoms with Crippen LogP contribution in [0.15, 0.2) is 30.9 Å². The summed E-state index contributed by atoms with van der Waals surface area (Å²) in [5.74, 6) is 0. The van der Waals surface area contributed by atoms with Crippen LogP contribution in [-0.2, 0) is 45.6 Å². The molecule has 0 aromatic rings. The van der Waals surface area contributed by atoms with Gasteiger partial charge in [-0.15, -0.1) is 30.9 Å². The SMILES string of the molecule is CCCC[B-]12O/N=C/C=N/O[B-](CCCC)(O/N=C/C=N/O1)O/N=C/C=N/O2.[Fe+2]. The monoisotopic (exact) mass is 450 g/mol. The fourth-order valence-corrected chi connectivity index (χ4v) is 2.27. The van der Waals surface area contributed by atoms with E-state index in [9.17, 15) is 0 Å². The van der Waals surface area contributed by atoms with Crippen molar-refractivity contribution in [3.8, 4) is 0 Å². The van der Waals surface area contributed by atoms with Gasteiger partial charge in [-0.3, -0.25) is 0 Å². The molecule has 12 nitrogen and oxygen atoms in total. The number of unbranched alkanes of at least 4 members (excludes halogenated alkanes) is 2. The first-order valence-electron chi connectivity index (χ1n) is 9.29. The van der Waals surface area contributed by atoms with Crippen molar-refractivity contribution in [3.05, 3.63) is 0 Å². The van der Waals surface area contributed by atoms with Crippen molar-refractivity contribution in [2.24, 2.45) is 30.9 Å². The van der Waals surface area contributed by atoms with Gasteiger partial charge in [0.1, 0.15) is 0 Å². The maximum absolute atomic E-state index is 5.42. The van der Waals surface area contributed by atoms with Gasteiger partial charge in [-0.05, 0) is 0 Å². The van der Waals surface area contributed by atoms with Gasteiger partial charge >= 0.3 is 30.6 Å². The smallest absolute Gasteiger partial charge is 0.540 e. The third-order valence-electron chi connectivity index (χ3n) is 3.72. The molecule has 160 valence electrons. The average molecular weight is 450 g/mol. The number of hydrogen-bond donors (Lipinski definition) is 0. The van der Waals surface area contributed by atoms with E-state index >= 15 is 0 Å². The van der Waals surface area contributed by atoms with Gasteiger partial charge in [0, 0.05) is 0 Å². The second kappa shape index (κ2) is 13.6. The van der Waals surface area contributed by atoms with Gasteiger partial charge in [0.2, 0.25) is 0 Å². The first-order chi connectivity index (χ1) is 13.7. The summed E-state index contributed by atoms with van der Waals surface area (Å²) in [5.41, 5.74) is 0. The van der Waals surface area contributed by atoms with E-state index in [0.717, 1.165) is 25.7 Å². The average Bonchev–Trinajstić information content (AvgIpc) is 2.71. The van der Waals surface area contributed by atoms with E-state index in [1.807, 2.05) is 13.8 Å². The van der Waals surface area contributed by atoms with Crippen LogP contribution in [0.2, 0.25) is 12.6 Å². The second-order valence-corrected chi connectivity index (χ2v) is 6.02. The molecule has 0 radical (unpaired) electrons. The number of rotatable bonds is 6. The fourth-order valence-electron chi connectivity index (χ4n) is 2.27. The van der Waals surface area contributed by atoms with Crippen molar-refractivity contribution in [1.29, 1.82) is 0 Å². The van der Waals surface area contributed by atoms with Crippen LogP contribution in [0, 0.1) is 0 Å². The molecule has 2 bridgehead atoms. The van der Waals surface area contributed by atoms with Gasteiger partial charge in [-0.2, -0.15) is 0 Å². The van der Waals surface area contributed by atoms with Crippen molar-refractivity contribution >= 4 is 50.8 Å². The summed E-state index contributed by atoms with van der Waals surface area (Å²) < 4.78 is 32.5. The van der Waals surface area contributed by atoms with Crippen LogP contribution < -0.4 is 0 Å². The van der Waals surface area contributed by atoms with E-state index in [1.54, 1.807) is 0 Å². The Hall–Kier alpha value is -2.53. The molecule has 0 unspecified atom stereocenters. The van der Waals surface area contributed by atoms with Gasteiger partial charge < -0.3 is 28.5 Å². The van der Waals surface area contributed by atoms with Crippen molar-refractivity contribution < 1.29 is 45.6 Å². The minimum atomic E-state index is -2.44. The molecule has 0 saturated heterocycles. The Kier molecular flexibility index (Phi) is 11.5. The maximum atomic E-state index is 5.42. The molecule has 0 N–H and O–H groups in total. The third kappa shape index (κ3) is 8.57. The molecule has 0 spiro atoms. The quantitative estimate of drug-likeness (QED) is 0.573. The molecule has 3 aliphatic rings. The topological polar surface area (TPSA) is 130 Å². The van der Waals surface area contributed by atoms with Crippen molar-refractivity contribution in [2.45, 2.75) is 52.2 Å². The number of fused-ring (bicyclic) bond motifs is 9. The van der Waals surface area contributed by atoms with Crippen LogP contribution in [0.3, 0.4) is 0 Å². The Morgan fingerprint density at radius 2 is 0.759 bits per heavy atom. The van der Waals surface area contributed by atoms with Crippen molar-refractivity contribution in [1.82, 2.24) is 0 Å². The Morgan fingerprint density at radius 3 is 0.966 bits per heavy atom. The summed E-state index contributed by atoms with van der Waals surface area (Å²) in [6.45, 7) is -0.860. The summed E-state index contributed by atoms with van der Waals surface area (Å²) >= 11 is 0. The predicted molar refractivity (Wildman–Crippen MR) is 108 cm³/mol. The predicted octanol–water partition coefficient (Wildman–Crippen LogP) is 2.50. The normalized spacial score (nSPS) is 32.5.